The normalized spacial score (nSPS) is 14.8. The van der Waals surface area contributed by atoms with Crippen molar-refractivity contribution < 1.29 is 4.74 Å². The zero-order valence-corrected chi connectivity index (χ0v) is 35.4. The number of aromatic nitrogens is 2. The maximum atomic E-state index is 6.78. The Labute approximate surface area is 363 Å². The first-order valence-electron chi connectivity index (χ1n) is 21.4. The minimum absolute atomic E-state index is 0.00703. The SMILES string of the molecule is Cc1ccc(C2=C(N3CN(c4cccc(Oc5ccc6c7ccccc7n(-c7cc(C(C)(C)C)ccn7)c6c5)c4)c4ccccc43)B3C=C(c4ccccc4)C=CN3C=C2)cc1. The number of para-hydroxylation sites is 3. The second kappa shape index (κ2) is 14.9. The molecule has 0 amide bonds. The van der Waals surface area contributed by atoms with Gasteiger partial charge in [0.2, 0.25) is 0 Å². The molecule has 0 N–H and O–H groups in total. The summed E-state index contributed by atoms with van der Waals surface area (Å²) in [6.07, 6.45) is 10.8. The number of aryl methyl sites for hydroxylation is 1. The van der Waals surface area contributed by atoms with Crippen LogP contribution in [-0.4, -0.2) is 27.9 Å². The number of pyridine rings is 1. The molecule has 0 aliphatic carbocycles. The lowest BCUT2D eigenvalue weighted by atomic mass is 9.51. The number of hydrogen-bond donors (Lipinski definition) is 0. The number of rotatable bonds is 7. The van der Waals surface area contributed by atoms with Gasteiger partial charge in [0.1, 0.15) is 17.3 Å². The molecule has 62 heavy (non-hydrogen) atoms. The second-order valence-electron chi connectivity index (χ2n) is 17.4. The molecule has 0 atom stereocenters. The topological polar surface area (TPSA) is 36.8 Å². The third-order valence-electron chi connectivity index (χ3n) is 12.4. The number of fused-ring (bicyclic) bond motifs is 5. The van der Waals surface area contributed by atoms with E-state index in [1.165, 1.54) is 50.1 Å². The lowest BCUT2D eigenvalue weighted by Gasteiger charge is -2.37. The van der Waals surface area contributed by atoms with Gasteiger partial charge in [0.25, 0.3) is 0 Å². The Morgan fingerprint density at radius 1 is 0.613 bits per heavy atom. The number of anilines is 3. The first kappa shape index (κ1) is 37.5. The van der Waals surface area contributed by atoms with Crippen LogP contribution in [0.1, 0.15) is 43.0 Å². The molecule has 0 spiro atoms. The molecule has 11 rings (SSSR count). The Hall–Kier alpha value is -7.51. The van der Waals surface area contributed by atoms with E-state index in [0.717, 1.165) is 45.1 Å². The van der Waals surface area contributed by atoms with Crippen molar-refractivity contribution in [3.8, 4) is 17.3 Å². The molecule has 0 saturated heterocycles. The molecule has 3 aliphatic heterocycles. The van der Waals surface area contributed by atoms with Gasteiger partial charge in [-0.2, -0.15) is 0 Å². The van der Waals surface area contributed by atoms with E-state index >= 15 is 0 Å². The molecule has 0 radical (unpaired) electrons. The molecule has 5 heterocycles. The fraction of sp³-hybridized carbons (Fsp3) is 0.109. The predicted octanol–water partition coefficient (Wildman–Crippen LogP) is 13.4. The van der Waals surface area contributed by atoms with Gasteiger partial charge in [0.05, 0.1) is 29.1 Å². The van der Waals surface area contributed by atoms with Crippen molar-refractivity contribution in [3.05, 3.63) is 222 Å². The van der Waals surface area contributed by atoms with Crippen LogP contribution in [0.5, 0.6) is 11.5 Å². The van der Waals surface area contributed by atoms with Crippen LogP contribution in [0, 0.1) is 6.92 Å². The van der Waals surface area contributed by atoms with Crippen LogP contribution in [0.25, 0.3) is 38.8 Å². The summed E-state index contributed by atoms with van der Waals surface area (Å²) in [4.78, 5) is 12.1. The Balaban J connectivity index is 0.968. The molecule has 6 aromatic carbocycles. The molecule has 0 saturated carbocycles. The highest BCUT2D eigenvalue weighted by molar-refractivity contribution is 6.73. The van der Waals surface area contributed by atoms with E-state index in [1.807, 2.05) is 12.3 Å². The molecule has 6 nitrogen and oxygen atoms in total. The lowest BCUT2D eigenvalue weighted by Crippen LogP contribution is -2.44. The van der Waals surface area contributed by atoms with Crippen LogP contribution in [0.2, 0.25) is 0 Å². The van der Waals surface area contributed by atoms with Crippen molar-refractivity contribution in [2.75, 3.05) is 16.5 Å². The maximum Gasteiger partial charge on any atom is 0.338 e. The van der Waals surface area contributed by atoms with Crippen LogP contribution in [0.3, 0.4) is 0 Å². The van der Waals surface area contributed by atoms with E-state index in [9.17, 15) is 0 Å². The molecule has 3 aliphatic rings. The van der Waals surface area contributed by atoms with Crippen molar-refractivity contribution in [1.82, 2.24) is 14.4 Å². The Morgan fingerprint density at radius 3 is 2.16 bits per heavy atom. The third-order valence-corrected chi connectivity index (χ3v) is 12.4. The van der Waals surface area contributed by atoms with E-state index in [2.05, 4.69) is 229 Å². The Bertz CT molecular complexity index is 3150. The molecule has 8 aromatic rings. The predicted molar refractivity (Wildman–Crippen MR) is 258 cm³/mol. The van der Waals surface area contributed by atoms with Gasteiger partial charge >= 0.3 is 6.85 Å². The summed E-state index contributed by atoms with van der Waals surface area (Å²) in [6.45, 7) is 9.49. The van der Waals surface area contributed by atoms with Gasteiger partial charge in [-0.3, -0.25) is 4.57 Å². The number of allylic oxidation sites excluding steroid dienone is 4. The van der Waals surface area contributed by atoms with Crippen LogP contribution in [-0.2, 0) is 5.41 Å². The number of hydrogen-bond acceptors (Lipinski definition) is 5. The summed E-state index contributed by atoms with van der Waals surface area (Å²) in [6, 6.07) is 56.1. The van der Waals surface area contributed by atoms with Crippen molar-refractivity contribution >= 4 is 56.9 Å². The molecular weight excluding hydrogens is 757 g/mol. The van der Waals surface area contributed by atoms with E-state index in [0.29, 0.717) is 6.67 Å². The van der Waals surface area contributed by atoms with E-state index in [-0.39, 0.29) is 12.3 Å². The summed E-state index contributed by atoms with van der Waals surface area (Å²) in [7, 11) is 0. The second-order valence-corrected chi connectivity index (χ2v) is 17.4. The molecule has 0 unspecified atom stereocenters. The monoisotopic (exact) mass is 803 g/mol. The minimum atomic E-state index is -0.0177. The van der Waals surface area contributed by atoms with Crippen LogP contribution in [0.4, 0.5) is 17.1 Å². The third kappa shape index (κ3) is 6.58. The quantitative estimate of drug-likeness (QED) is 0.150. The van der Waals surface area contributed by atoms with Gasteiger partial charge in [0, 0.05) is 40.4 Å². The highest BCUT2D eigenvalue weighted by atomic mass is 16.5. The van der Waals surface area contributed by atoms with Crippen molar-refractivity contribution in [2.45, 2.75) is 33.1 Å². The van der Waals surface area contributed by atoms with Crippen LogP contribution >= 0.6 is 0 Å². The largest absolute Gasteiger partial charge is 0.457 e. The first-order valence-corrected chi connectivity index (χ1v) is 21.4. The Morgan fingerprint density at radius 2 is 1.34 bits per heavy atom. The van der Waals surface area contributed by atoms with Gasteiger partial charge in [-0.25, -0.2) is 4.98 Å². The fourth-order valence-corrected chi connectivity index (χ4v) is 9.20. The molecule has 0 fully saturated rings. The highest BCUT2D eigenvalue weighted by Crippen LogP contribution is 2.47. The Kier molecular flexibility index (Phi) is 9.01. The summed E-state index contributed by atoms with van der Waals surface area (Å²) >= 11 is 0. The molecule has 2 aromatic heterocycles. The molecule has 0 bridgehead atoms. The zero-order chi connectivity index (χ0) is 42.0. The highest BCUT2D eigenvalue weighted by Gasteiger charge is 2.39. The molecule has 300 valence electrons. The zero-order valence-electron chi connectivity index (χ0n) is 35.4. The number of benzene rings is 6. The smallest absolute Gasteiger partial charge is 0.338 e. The van der Waals surface area contributed by atoms with Crippen molar-refractivity contribution in [3.63, 3.8) is 0 Å². The summed E-state index contributed by atoms with van der Waals surface area (Å²) in [5.74, 6) is 4.85. The van der Waals surface area contributed by atoms with Gasteiger partial charge in [-0.05, 0) is 119 Å². The van der Waals surface area contributed by atoms with Crippen LogP contribution < -0.4 is 14.5 Å². The molecular formula is C55H46BN5O. The number of ether oxygens (including phenoxy) is 1. The average molecular weight is 804 g/mol. The standard InChI is InChI=1S/C55H46BN5O/c1-38-21-23-40(24-22-38)46-29-32-58-31-28-41(39-13-6-5-7-14-39)36-56(58)54(46)60-37-59(50-19-10-11-20-51(50)60)43-15-12-16-44(34-43)62-45-25-26-48-47-17-8-9-18-49(47)61(52(48)35-45)53-33-42(27-30-57-53)55(2,3)4/h5-36H,37H2,1-4H3. The maximum absolute atomic E-state index is 6.78. The minimum Gasteiger partial charge on any atom is -0.457 e. The van der Waals surface area contributed by atoms with Gasteiger partial charge < -0.3 is 19.3 Å². The van der Waals surface area contributed by atoms with E-state index in [4.69, 9.17) is 9.72 Å². The van der Waals surface area contributed by atoms with E-state index in [1.54, 1.807) is 0 Å². The summed E-state index contributed by atoms with van der Waals surface area (Å²) in [5, 5.41) is 2.34. The van der Waals surface area contributed by atoms with Crippen LogP contribution in [0.15, 0.2) is 200 Å². The van der Waals surface area contributed by atoms with Gasteiger partial charge in [-0.1, -0.05) is 123 Å². The average Bonchev–Trinajstić information content (AvgIpc) is 3.85. The summed E-state index contributed by atoms with van der Waals surface area (Å²) < 4.78 is 9.04. The lowest BCUT2D eigenvalue weighted by molar-refractivity contribution is 0.483. The first-order chi connectivity index (χ1) is 30.3. The van der Waals surface area contributed by atoms with Crippen molar-refractivity contribution in [1.29, 1.82) is 0 Å². The van der Waals surface area contributed by atoms with Crippen molar-refractivity contribution in [2.24, 2.45) is 0 Å². The molecule has 7 heteroatoms. The van der Waals surface area contributed by atoms with E-state index < -0.39 is 0 Å². The van der Waals surface area contributed by atoms with Gasteiger partial charge in [-0.15, -0.1) is 0 Å². The fourth-order valence-electron chi connectivity index (χ4n) is 9.20. The number of nitrogens with zero attached hydrogens (tertiary/aromatic N) is 5. The summed E-state index contributed by atoms with van der Waals surface area (Å²) in [5.41, 5.74) is 14.1. The van der Waals surface area contributed by atoms with Gasteiger partial charge in [0.15, 0.2) is 0 Å².